The van der Waals surface area contributed by atoms with Gasteiger partial charge in [-0.1, -0.05) is 30.0 Å². The maximum atomic E-state index is 11.2. The van der Waals surface area contributed by atoms with Gasteiger partial charge in [-0.2, -0.15) is 0 Å². The van der Waals surface area contributed by atoms with Gasteiger partial charge in [0.05, 0.1) is 12.2 Å². The van der Waals surface area contributed by atoms with Gasteiger partial charge in [-0.05, 0) is 12.1 Å². The Hall–Kier alpha value is -2.41. The van der Waals surface area contributed by atoms with E-state index in [0.717, 1.165) is 11.3 Å². The number of anilines is 1. The molecule has 0 fully saturated rings. The number of hydrogen-bond donors (Lipinski definition) is 2. The molecule has 0 saturated carbocycles. The van der Waals surface area contributed by atoms with E-state index in [1.807, 2.05) is 43.3 Å². The van der Waals surface area contributed by atoms with Gasteiger partial charge in [-0.3, -0.25) is 0 Å². The number of urea groups is 1. The molecule has 2 amide bonds. The summed E-state index contributed by atoms with van der Waals surface area (Å²) in [5, 5.41) is 5.27. The molecule has 0 unspecified atom stereocenters. The zero-order chi connectivity index (χ0) is 14.1. The molecule has 0 aromatic heterocycles. The summed E-state index contributed by atoms with van der Waals surface area (Å²) >= 11 is 0. The lowest BCUT2D eigenvalue weighted by molar-refractivity contribution is 0.243. The molecule has 0 radical (unpaired) electrons. The Balaban J connectivity index is 2.55. The number of rotatable bonds is 4. The van der Waals surface area contributed by atoms with E-state index in [1.165, 1.54) is 0 Å². The third kappa shape index (κ3) is 5.17. The smallest absolute Gasteiger partial charge is 0.315 e. The van der Waals surface area contributed by atoms with E-state index >= 15 is 0 Å². The van der Waals surface area contributed by atoms with Crippen LogP contribution < -0.4 is 15.5 Å². The molecule has 0 aliphatic heterocycles. The van der Waals surface area contributed by atoms with E-state index in [4.69, 9.17) is 0 Å². The molecule has 0 aliphatic rings. The van der Waals surface area contributed by atoms with E-state index in [9.17, 15) is 4.79 Å². The van der Waals surface area contributed by atoms with Gasteiger partial charge >= 0.3 is 6.03 Å². The Morgan fingerprint density at radius 3 is 2.79 bits per heavy atom. The Bertz CT molecular complexity index is 498. The van der Waals surface area contributed by atoms with Crippen molar-refractivity contribution < 1.29 is 4.79 Å². The van der Waals surface area contributed by atoms with Crippen LogP contribution in [0, 0.1) is 11.8 Å². The van der Waals surface area contributed by atoms with Crippen molar-refractivity contribution in [3.05, 3.63) is 42.5 Å². The second-order valence-corrected chi connectivity index (χ2v) is 4.07. The maximum absolute atomic E-state index is 11.2. The Morgan fingerprint density at radius 1 is 1.37 bits per heavy atom. The first-order valence-electron chi connectivity index (χ1n) is 6.03. The van der Waals surface area contributed by atoms with E-state index in [1.54, 1.807) is 6.08 Å². The minimum Gasteiger partial charge on any atom is -0.377 e. The summed E-state index contributed by atoms with van der Waals surface area (Å²) in [5.74, 6) is 5.98. The van der Waals surface area contributed by atoms with Crippen LogP contribution in [0.4, 0.5) is 10.5 Å². The molecule has 0 heterocycles. The van der Waals surface area contributed by atoms with Gasteiger partial charge in [0.1, 0.15) is 0 Å². The van der Waals surface area contributed by atoms with Gasteiger partial charge < -0.3 is 15.5 Å². The Labute approximate surface area is 114 Å². The predicted octanol–water partition coefficient (Wildman–Crippen LogP) is 1.59. The number of hydrogen-bond acceptors (Lipinski definition) is 2. The molecule has 1 aromatic rings. The van der Waals surface area contributed by atoms with Gasteiger partial charge in [0, 0.05) is 26.2 Å². The van der Waals surface area contributed by atoms with Gasteiger partial charge in [0.25, 0.3) is 0 Å². The summed E-state index contributed by atoms with van der Waals surface area (Å²) in [4.78, 5) is 13.3. The van der Waals surface area contributed by atoms with Crippen LogP contribution in [-0.4, -0.2) is 33.2 Å². The van der Waals surface area contributed by atoms with Crippen LogP contribution in [0.3, 0.4) is 0 Å². The highest BCUT2D eigenvalue weighted by atomic mass is 16.2. The van der Waals surface area contributed by atoms with E-state index < -0.39 is 0 Å². The zero-order valence-electron chi connectivity index (χ0n) is 11.4. The van der Waals surface area contributed by atoms with Crippen LogP contribution in [0.1, 0.15) is 5.56 Å². The lowest BCUT2D eigenvalue weighted by Crippen LogP contribution is -2.35. The molecular formula is C15H19N3O. The quantitative estimate of drug-likeness (QED) is 0.635. The van der Waals surface area contributed by atoms with Crippen molar-refractivity contribution in [3.63, 3.8) is 0 Å². The molecule has 0 spiro atoms. The normalized spacial score (nSPS) is 8.95. The molecule has 100 valence electrons. The van der Waals surface area contributed by atoms with Crippen molar-refractivity contribution in [2.75, 3.05) is 32.1 Å². The fourth-order valence-electron chi connectivity index (χ4n) is 1.46. The summed E-state index contributed by atoms with van der Waals surface area (Å²) in [5.41, 5.74) is 2.01. The number of carbonyl (C=O) groups is 1. The van der Waals surface area contributed by atoms with Gasteiger partial charge in [-0.25, -0.2) is 4.79 Å². The average Bonchev–Trinajstić information content (AvgIpc) is 2.41. The zero-order valence-corrected chi connectivity index (χ0v) is 11.4. The van der Waals surface area contributed by atoms with Crippen molar-refractivity contribution in [3.8, 4) is 11.8 Å². The average molecular weight is 257 g/mol. The maximum Gasteiger partial charge on any atom is 0.315 e. The summed E-state index contributed by atoms with van der Waals surface area (Å²) in [7, 11) is 3.95. The van der Waals surface area contributed by atoms with Crippen molar-refractivity contribution in [1.29, 1.82) is 0 Å². The number of nitrogens with zero attached hydrogens (tertiary/aromatic N) is 1. The SMILES string of the molecule is C=CCNC(=O)NCC#Cc1ccccc1N(C)C. The molecule has 4 heteroatoms. The molecule has 0 aliphatic carbocycles. The minimum atomic E-state index is -0.241. The van der Waals surface area contributed by atoms with E-state index in [2.05, 4.69) is 29.1 Å². The first-order valence-corrected chi connectivity index (χ1v) is 6.03. The molecule has 1 rings (SSSR count). The summed E-state index contributed by atoms with van der Waals surface area (Å²) in [6.07, 6.45) is 1.62. The van der Waals surface area contributed by atoms with Crippen LogP contribution >= 0.6 is 0 Å². The summed E-state index contributed by atoms with van der Waals surface area (Å²) in [6, 6.07) is 7.65. The lowest BCUT2D eigenvalue weighted by atomic mass is 10.1. The summed E-state index contributed by atoms with van der Waals surface area (Å²) in [6.45, 7) is 4.28. The van der Waals surface area contributed by atoms with Crippen LogP contribution in [0.15, 0.2) is 36.9 Å². The Kier molecular flexibility index (Phi) is 6.04. The standard InChI is InChI=1S/C15H19N3O/c1-4-11-16-15(19)17-12-7-9-13-8-5-6-10-14(13)18(2)3/h4-6,8,10H,1,11-12H2,2-3H3,(H2,16,17,19). The fraction of sp³-hybridized carbons (Fsp3) is 0.267. The van der Waals surface area contributed by atoms with Crippen LogP contribution in [0.25, 0.3) is 0 Å². The molecule has 0 atom stereocenters. The van der Waals surface area contributed by atoms with Crippen LogP contribution in [0.5, 0.6) is 0 Å². The molecule has 4 nitrogen and oxygen atoms in total. The number of para-hydroxylation sites is 1. The molecule has 1 aromatic carbocycles. The van der Waals surface area contributed by atoms with E-state index in [0.29, 0.717) is 13.1 Å². The molecular weight excluding hydrogens is 238 g/mol. The number of benzene rings is 1. The Morgan fingerprint density at radius 2 is 2.11 bits per heavy atom. The number of nitrogens with one attached hydrogen (secondary N) is 2. The van der Waals surface area contributed by atoms with Crippen LogP contribution in [0.2, 0.25) is 0 Å². The fourth-order valence-corrected chi connectivity index (χ4v) is 1.46. The van der Waals surface area contributed by atoms with Crippen molar-refractivity contribution in [2.24, 2.45) is 0 Å². The minimum absolute atomic E-state index is 0.241. The predicted molar refractivity (Wildman–Crippen MR) is 79.2 cm³/mol. The molecule has 0 saturated heterocycles. The van der Waals surface area contributed by atoms with Crippen molar-refractivity contribution in [1.82, 2.24) is 10.6 Å². The molecule has 0 bridgehead atoms. The first-order chi connectivity index (χ1) is 9.15. The first kappa shape index (κ1) is 14.7. The number of amides is 2. The van der Waals surface area contributed by atoms with E-state index in [-0.39, 0.29) is 6.03 Å². The lowest BCUT2D eigenvalue weighted by Gasteiger charge is -2.13. The van der Waals surface area contributed by atoms with Crippen LogP contribution in [-0.2, 0) is 0 Å². The highest BCUT2D eigenvalue weighted by Crippen LogP contribution is 2.16. The largest absolute Gasteiger partial charge is 0.377 e. The monoisotopic (exact) mass is 257 g/mol. The third-order valence-electron chi connectivity index (χ3n) is 2.35. The topological polar surface area (TPSA) is 44.4 Å². The van der Waals surface area contributed by atoms with Crippen molar-refractivity contribution >= 4 is 11.7 Å². The second-order valence-electron chi connectivity index (χ2n) is 4.07. The number of carbonyl (C=O) groups excluding carboxylic acids is 1. The van der Waals surface area contributed by atoms with Gasteiger partial charge in [-0.15, -0.1) is 6.58 Å². The van der Waals surface area contributed by atoms with Gasteiger partial charge in [0.2, 0.25) is 0 Å². The van der Waals surface area contributed by atoms with Crippen molar-refractivity contribution in [2.45, 2.75) is 0 Å². The van der Waals surface area contributed by atoms with Gasteiger partial charge in [0.15, 0.2) is 0 Å². The highest BCUT2D eigenvalue weighted by Gasteiger charge is 1.99. The molecule has 19 heavy (non-hydrogen) atoms. The second kappa shape index (κ2) is 7.83. The summed E-state index contributed by atoms with van der Waals surface area (Å²) < 4.78 is 0. The third-order valence-corrected chi connectivity index (χ3v) is 2.35. The molecule has 2 N–H and O–H groups in total. The highest BCUT2D eigenvalue weighted by molar-refractivity contribution is 5.74.